The maximum absolute atomic E-state index is 6.07. The highest BCUT2D eigenvalue weighted by atomic mass is 127. The van der Waals surface area contributed by atoms with Crippen LogP contribution in [0.4, 0.5) is 0 Å². The summed E-state index contributed by atoms with van der Waals surface area (Å²) in [5.41, 5.74) is 0.356. The summed E-state index contributed by atoms with van der Waals surface area (Å²) in [6.07, 6.45) is 4.75. The highest BCUT2D eigenvalue weighted by Gasteiger charge is 2.53. The first-order valence-corrected chi connectivity index (χ1v) is 8.66. The Hall–Kier alpha value is -0.0400. The summed E-state index contributed by atoms with van der Waals surface area (Å²) in [6, 6.07) is 0. The maximum atomic E-state index is 6.07. The summed E-state index contributed by atoms with van der Waals surface area (Å²) in [5, 5.41) is 3.49. The number of nitrogens with one attached hydrogen (secondary N) is 1. The Labute approximate surface area is 152 Å². The number of rotatable bonds is 3. The van der Waals surface area contributed by atoms with Gasteiger partial charge in [-0.15, -0.1) is 24.0 Å². The van der Waals surface area contributed by atoms with E-state index in [1.807, 2.05) is 0 Å². The van der Waals surface area contributed by atoms with Crippen molar-refractivity contribution < 1.29 is 4.74 Å². The molecule has 0 radical (unpaired) electrons. The summed E-state index contributed by atoms with van der Waals surface area (Å²) >= 11 is 0. The molecule has 4 nitrogen and oxygen atoms in total. The molecule has 1 N–H and O–H groups in total. The molecule has 3 saturated heterocycles. The van der Waals surface area contributed by atoms with E-state index >= 15 is 0 Å². The van der Waals surface area contributed by atoms with Crippen LogP contribution in [0.15, 0.2) is 4.99 Å². The average Bonchev–Trinajstić information content (AvgIpc) is 3.08. The number of guanidine groups is 1. The lowest BCUT2D eigenvalue weighted by atomic mass is 9.82. The van der Waals surface area contributed by atoms with Gasteiger partial charge in [-0.2, -0.15) is 0 Å². The third-order valence-electron chi connectivity index (χ3n) is 5.21. The van der Waals surface area contributed by atoms with Gasteiger partial charge in [-0.1, -0.05) is 20.8 Å². The van der Waals surface area contributed by atoms with E-state index in [-0.39, 0.29) is 24.0 Å². The normalized spacial score (nSPS) is 33.8. The number of nitrogens with zero attached hydrogens (tertiary/aromatic N) is 2. The van der Waals surface area contributed by atoms with Crippen molar-refractivity contribution in [2.75, 3.05) is 26.2 Å². The van der Waals surface area contributed by atoms with Crippen LogP contribution < -0.4 is 5.32 Å². The van der Waals surface area contributed by atoms with Gasteiger partial charge in [0.2, 0.25) is 0 Å². The monoisotopic (exact) mass is 421 g/mol. The van der Waals surface area contributed by atoms with Crippen LogP contribution in [0.2, 0.25) is 0 Å². The van der Waals surface area contributed by atoms with Gasteiger partial charge >= 0.3 is 0 Å². The zero-order valence-corrected chi connectivity index (χ0v) is 16.8. The molecule has 0 aliphatic carbocycles. The van der Waals surface area contributed by atoms with Crippen molar-refractivity contribution in [3.8, 4) is 0 Å². The SMILES string of the molecule is CCNC(=NCCC(C)(C)C)N1CC2C3CCC(O3)C2C1.I. The fourth-order valence-corrected chi connectivity index (χ4v) is 4.06. The van der Waals surface area contributed by atoms with Crippen molar-refractivity contribution in [1.82, 2.24) is 10.2 Å². The molecule has 0 spiro atoms. The predicted octanol–water partition coefficient (Wildman–Crippen LogP) is 3.12. The van der Waals surface area contributed by atoms with E-state index in [4.69, 9.17) is 9.73 Å². The van der Waals surface area contributed by atoms with Crippen molar-refractivity contribution in [2.24, 2.45) is 22.2 Å². The molecule has 5 heteroatoms. The quantitative estimate of drug-likeness (QED) is 0.432. The number of ether oxygens (including phenoxy) is 1. The predicted molar refractivity (Wildman–Crippen MR) is 102 cm³/mol. The first-order chi connectivity index (χ1) is 9.98. The van der Waals surface area contributed by atoms with Crippen molar-refractivity contribution in [3.05, 3.63) is 0 Å². The van der Waals surface area contributed by atoms with Crippen LogP contribution in [0.1, 0.15) is 47.0 Å². The van der Waals surface area contributed by atoms with Gasteiger partial charge in [-0.25, -0.2) is 0 Å². The molecule has 0 amide bonds. The van der Waals surface area contributed by atoms with E-state index in [9.17, 15) is 0 Å². The molecule has 4 atom stereocenters. The topological polar surface area (TPSA) is 36.9 Å². The Morgan fingerprint density at radius 2 is 1.77 bits per heavy atom. The van der Waals surface area contributed by atoms with Gasteiger partial charge in [0, 0.05) is 38.0 Å². The minimum atomic E-state index is 0. The van der Waals surface area contributed by atoms with Crippen molar-refractivity contribution in [3.63, 3.8) is 0 Å². The molecular weight excluding hydrogens is 389 g/mol. The van der Waals surface area contributed by atoms with Crippen LogP contribution in [-0.4, -0.2) is 49.2 Å². The number of hydrogen-bond donors (Lipinski definition) is 1. The van der Waals surface area contributed by atoms with Gasteiger partial charge in [0.05, 0.1) is 12.2 Å². The maximum Gasteiger partial charge on any atom is 0.193 e. The number of aliphatic imine (C=N–C) groups is 1. The second kappa shape index (κ2) is 7.24. The molecule has 4 unspecified atom stereocenters. The second-order valence-corrected chi connectivity index (χ2v) is 8.07. The Kier molecular flexibility index (Phi) is 6.02. The van der Waals surface area contributed by atoms with E-state index in [0.29, 0.717) is 17.6 Å². The van der Waals surface area contributed by atoms with Crippen LogP contribution in [0.3, 0.4) is 0 Å². The molecule has 0 aromatic carbocycles. The van der Waals surface area contributed by atoms with Crippen LogP contribution in [-0.2, 0) is 4.74 Å². The van der Waals surface area contributed by atoms with E-state index in [1.54, 1.807) is 0 Å². The summed E-state index contributed by atoms with van der Waals surface area (Å²) in [4.78, 5) is 7.35. The third kappa shape index (κ3) is 3.89. The summed E-state index contributed by atoms with van der Waals surface area (Å²) in [5.74, 6) is 2.61. The number of halogens is 1. The van der Waals surface area contributed by atoms with E-state index in [2.05, 4.69) is 37.9 Å². The van der Waals surface area contributed by atoms with Crippen LogP contribution in [0, 0.1) is 17.3 Å². The van der Waals surface area contributed by atoms with Gasteiger partial charge in [0.25, 0.3) is 0 Å². The van der Waals surface area contributed by atoms with Crippen molar-refractivity contribution in [2.45, 2.75) is 59.2 Å². The molecule has 128 valence electrons. The van der Waals surface area contributed by atoms with Gasteiger partial charge in [-0.05, 0) is 31.6 Å². The fraction of sp³-hybridized carbons (Fsp3) is 0.941. The molecule has 22 heavy (non-hydrogen) atoms. The zero-order chi connectivity index (χ0) is 15.0. The van der Waals surface area contributed by atoms with Crippen LogP contribution in [0.25, 0.3) is 0 Å². The van der Waals surface area contributed by atoms with E-state index in [0.717, 1.165) is 50.4 Å². The molecule has 0 aromatic heterocycles. The van der Waals surface area contributed by atoms with Gasteiger partial charge in [0.1, 0.15) is 0 Å². The molecule has 0 saturated carbocycles. The summed E-state index contributed by atoms with van der Waals surface area (Å²) < 4.78 is 6.07. The lowest BCUT2D eigenvalue weighted by molar-refractivity contribution is 0.0767. The lowest BCUT2D eigenvalue weighted by Crippen LogP contribution is -2.41. The highest BCUT2D eigenvalue weighted by molar-refractivity contribution is 14.0. The molecule has 3 fully saturated rings. The Morgan fingerprint density at radius 1 is 1.18 bits per heavy atom. The number of likely N-dealkylation sites (tertiary alicyclic amines) is 1. The van der Waals surface area contributed by atoms with Gasteiger partial charge in [0.15, 0.2) is 5.96 Å². The molecule has 2 bridgehead atoms. The zero-order valence-electron chi connectivity index (χ0n) is 14.5. The lowest BCUT2D eigenvalue weighted by Gasteiger charge is -2.24. The van der Waals surface area contributed by atoms with Crippen LogP contribution in [0.5, 0.6) is 0 Å². The van der Waals surface area contributed by atoms with Crippen LogP contribution >= 0.6 is 24.0 Å². The summed E-state index contributed by atoms with van der Waals surface area (Å²) in [7, 11) is 0. The first-order valence-electron chi connectivity index (χ1n) is 8.66. The molecule has 3 aliphatic heterocycles. The van der Waals surface area contributed by atoms with E-state index in [1.165, 1.54) is 12.8 Å². The second-order valence-electron chi connectivity index (χ2n) is 8.07. The smallest absolute Gasteiger partial charge is 0.193 e. The van der Waals surface area contributed by atoms with E-state index < -0.39 is 0 Å². The molecule has 0 aromatic rings. The summed E-state index contributed by atoms with van der Waals surface area (Å²) in [6.45, 7) is 13.1. The van der Waals surface area contributed by atoms with Gasteiger partial charge < -0.3 is 15.0 Å². The highest BCUT2D eigenvalue weighted by Crippen LogP contribution is 2.47. The Balaban J connectivity index is 0.00000176. The largest absolute Gasteiger partial charge is 0.374 e. The molecular formula is C17H32IN3O. The third-order valence-corrected chi connectivity index (χ3v) is 5.21. The minimum Gasteiger partial charge on any atom is -0.374 e. The molecule has 3 rings (SSSR count). The Bertz CT molecular complexity index is 389. The molecule has 3 aliphatic rings. The fourth-order valence-electron chi connectivity index (χ4n) is 4.06. The first kappa shape index (κ1) is 18.3. The standard InChI is InChI=1S/C17H31N3O.HI/c1-5-18-16(19-9-8-17(2,3)4)20-10-12-13(11-20)15-7-6-14(12)21-15;/h12-15H,5-11H2,1-4H3,(H,18,19);1H. The van der Waals surface area contributed by atoms with Gasteiger partial charge in [-0.3, -0.25) is 4.99 Å². The number of fused-ring (bicyclic) bond motifs is 5. The molecule has 3 heterocycles. The minimum absolute atomic E-state index is 0. The average molecular weight is 421 g/mol. The van der Waals surface area contributed by atoms with Crippen molar-refractivity contribution in [1.29, 1.82) is 0 Å². The number of hydrogen-bond acceptors (Lipinski definition) is 2. The Morgan fingerprint density at radius 3 is 2.27 bits per heavy atom. The van der Waals surface area contributed by atoms with Crippen molar-refractivity contribution >= 4 is 29.9 Å².